The van der Waals surface area contributed by atoms with Crippen molar-refractivity contribution in [2.75, 3.05) is 32.7 Å². The predicted molar refractivity (Wildman–Crippen MR) is 82.7 cm³/mol. The number of hydrogen-bond donors (Lipinski definition) is 2. The molecule has 2 heterocycles. The van der Waals surface area contributed by atoms with Crippen LogP contribution in [0.1, 0.15) is 51.9 Å². The third-order valence-electron chi connectivity index (χ3n) is 4.71. The van der Waals surface area contributed by atoms with Crippen molar-refractivity contribution in [2.24, 2.45) is 5.92 Å². The van der Waals surface area contributed by atoms with Crippen molar-refractivity contribution in [1.82, 2.24) is 15.5 Å². The second kappa shape index (κ2) is 8.63. The lowest BCUT2D eigenvalue weighted by atomic mass is 9.94. The average Bonchev–Trinajstić information content (AvgIpc) is 2.47. The molecule has 0 radical (unpaired) electrons. The first kappa shape index (κ1) is 15.8. The molecule has 0 saturated carbocycles. The molecule has 0 aromatic rings. The van der Waals surface area contributed by atoms with Crippen LogP contribution in [0.15, 0.2) is 0 Å². The van der Waals surface area contributed by atoms with Crippen molar-refractivity contribution in [1.29, 1.82) is 0 Å². The lowest BCUT2D eigenvalue weighted by Crippen LogP contribution is -2.45. The van der Waals surface area contributed by atoms with Gasteiger partial charge >= 0.3 is 0 Å². The summed E-state index contributed by atoms with van der Waals surface area (Å²) in [6, 6.07) is 0.419. The highest BCUT2D eigenvalue weighted by molar-refractivity contribution is 5.76. The van der Waals surface area contributed by atoms with Gasteiger partial charge in [-0.2, -0.15) is 0 Å². The van der Waals surface area contributed by atoms with E-state index in [4.69, 9.17) is 0 Å². The maximum atomic E-state index is 12.1. The maximum absolute atomic E-state index is 12.1. The summed E-state index contributed by atoms with van der Waals surface area (Å²) < 4.78 is 0. The van der Waals surface area contributed by atoms with Gasteiger partial charge in [0.1, 0.15) is 0 Å². The van der Waals surface area contributed by atoms with Crippen LogP contribution in [0.2, 0.25) is 0 Å². The van der Waals surface area contributed by atoms with Gasteiger partial charge in [-0.1, -0.05) is 13.3 Å². The van der Waals surface area contributed by atoms with Gasteiger partial charge in [-0.25, -0.2) is 0 Å². The summed E-state index contributed by atoms with van der Waals surface area (Å²) in [5, 5.41) is 6.61. The SMILES string of the molecule is CCCCN1CCC(NC(=O)CC2CCNCC2)CC1. The summed E-state index contributed by atoms with van der Waals surface area (Å²) >= 11 is 0. The number of carbonyl (C=O) groups excluding carboxylic acids is 1. The summed E-state index contributed by atoms with van der Waals surface area (Å²) in [7, 11) is 0. The molecule has 4 nitrogen and oxygen atoms in total. The molecule has 1 amide bonds. The molecule has 0 aromatic heterocycles. The van der Waals surface area contributed by atoms with Crippen molar-refractivity contribution in [3.8, 4) is 0 Å². The van der Waals surface area contributed by atoms with E-state index in [-0.39, 0.29) is 5.91 Å². The summed E-state index contributed by atoms with van der Waals surface area (Å²) in [5.41, 5.74) is 0. The molecule has 2 saturated heterocycles. The Bertz CT molecular complexity index is 281. The van der Waals surface area contributed by atoms with E-state index in [1.165, 1.54) is 19.4 Å². The van der Waals surface area contributed by atoms with Crippen LogP contribution in [0.5, 0.6) is 0 Å². The van der Waals surface area contributed by atoms with E-state index >= 15 is 0 Å². The zero-order chi connectivity index (χ0) is 14.2. The maximum Gasteiger partial charge on any atom is 0.220 e. The number of carbonyl (C=O) groups is 1. The molecule has 2 rings (SSSR count). The third kappa shape index (κ3) is 5.41. The molecule has 116 valence electrons. The highest BCUT2D eigenvalue weighted by Crippen LogP contribution is 2.17. The number of nitrogens with zero attached hydrogens (tertiary/aromatic N) is 1. The van der Waals surface area contributed by atoms with Gasteiger partial charge in [-0.15, -0.1) is 0 Å². The summed E-state index contributed by atoms with van der Waals surface area (Å²) in [4.78, 5) is 14.6. The van der Waals surface area contributed by atoms with E-state index < -0.39 is 0 Å². The number of unbranched alkanes of at least 4 members (excludes halogenated alkanes) is 1. The number of nitrogens with one attached hydrogen (secondary N) is 2. The number of rotatable bonds is 6. The topological polar surface area (TPSA) is 44.4 Å². The Kier molecular flexibility index (Phi) is 6.80. The van der Waals surface area contributed by atoms with Gasteiger partial charge in [-0.3, -0.25) is 4.79 Å². The Labute approximate surface area is 123 Å². The molecule has 0 bridgehead atoms. The largest absolute Gasteiger partial charge is 0.353 e. The zero-order valence-corrected chi connectivity index (χ0v) is 13.0. The van der Waals surface area contributed by atoms with Gasteiger partial charge in [0.2, 0.25) is 5.91 Å². The molecular weight excluding hydrogens is 250 g/mol. The molecule has 0 atom stereocenters. The Balaban J connectivity index is 1.60. The third-order valence-corrected chi connectivity index (χ3v) is 4.71. The molecular formula is C16H31N3O. The van der Waals surface area contributed by atoms with E-state index in [9.17, 15) is 4.79 Å². The molecule has 0 aromatic carbocycles. The molecule has 4 heteroatoms. The first-order valence-corrected chi connectivity index (χ1v) is 8.50. The Hall–Kier alpha value is -0.610. The van der Waals surface area contributed by atoms with Crippen LogP contribution in [0.25, 0.3) is 0 Å². The van der Waals surface area contributed by atoms with Crippen LogP contribution in [0.4, 0.5) is 0 Å². The molecule has 0 aliphatic carbocycles. The second-order valence-corrected chi connectivity index (χ2v) is 6.43. The van der Waals surface area contributed by atoms with Crippen molar-refractivity contribution in [2.45, 2.75) is 57.9 Å². The molecule has 0 unspecified atom stereocenters. The zero-order valence-electron chi connectivity index (χ0n) is 13.0. The number of hydrogen-bond acceptors (Lipinski definition) is 3. The highest BCUT2D eigenvalue weighted by Gasteiger charge is 2.22. The van der Waals surface area contributed by atoms with Gasteiger partial charge in [-0.05, 0) is 57.7 Å². The quantitative estimate of drug-likeness (QED) is 0.780. The highest BCUT2D eigenvalue weighted by atomic mass is 16.1. The molecule has 2 aliphatic heterocycles. The van der Waals surface area contributed by atoms with Crippen LogP contribution >= 0.6 is 0 Å². The average molecular weight is 281 g/mol. The molecule has 2 N–H and O–H groups in total. The fourth-order valence-corrected chi connectivity index (χ4v) is 3.32. The molecule has 20 heavy (non-hydrogen) atoms. The van der Waals surface area contributed by atoms with Gasteiger partial charge in [0.15, 0.2) is 0 Å². The van der Waals surface area contributed by atoms with Crippen LogP contribution in [0, 0.1) is 5.92 Å². The van der Waals surface area contributed by atoms with Gasteiger partial charge in [0, 0.05) is 25.6 Å². The lowest BCUT2D eigenvalue weighted by molar-refractivity contribution is -0.123. The minimum absolute atomic E-state index is 0.281. The number of piperidine rings is 2. The molecule has 0 spiro atoms. The lowest BCUT2D eigenvalue weighted by Gasteiger charge is -2.32. The fourth-order valence-electron chi connectivity index (χ4n) is 3.32. The monoisotopic (exact) mass is 281 g/mol. The normalized spacial score (nSPS) is 22.9. The minimum Gasteiger partial charge on any atom is -0.353 e. The van der Waals surface area contributed by atoms with Crippen LogP contribution in [-0.4, -0.2) is 49.6 Å². The van der Waals surface area contributed by atoms with E-state index in [0.29, 0.717) is 12.0 Å². The second-order valence-electron chi connectivity index (χ2n) is 6.43. The van der Waals surface area contributed by atoms with E-state index in [2.05, 4.69) is 22.5 Å². The molecule has 2 aliphatic rings. The van der Waals surface area contributed by atoms with Crippen molar-refractivity contribution in [3.05, 3.63) is 0 Å². The Morgan fingerprint density at radius 1 is 1.20 bits per heavy atom. The first-order valence-electron chi connectivity index (χ1n) is 8.50. The van der Waals surface area contributed by atoms with Gasteiger partial charge in [0.25, 0.3) is 0 Å². The Morgan fingerprint density at radius 2 is 1.90 bits per heavy atom. The van der Waals surface area contributed by atoms with Crippen LogP contribution in [0.3, 0.4) is 0 Å². The molecule has 2 fully saturated rings. The fraction of sp³-hybridized carbons (Fsp3) is 0.938. The van der Waals surface area contributed by atoms with Crippen molar-refractivity contribution >= 4 is 5.91 Å². The smallest absolute Gasteiger partial charge is 0.220 e. The Morgan fingerprint density at radius 3 is 2.55 bits per heavy atom. The predicted octanol–water partition coefficient (Wildman–Crippen LogP) is 1.76. The van der Waals surface area contributed by atoms with E-state index in [1.54, 1.807) is 0 Å². The minimum atomic E-state index is 0.281. The summed E-state index contributed by atoms with van der Waals surface area (Å²) in [6.07, 6.45) is 7.87. The van der Waals surface area contributed by atoms with E-state index in [0.717, 1.165) is 58.3 Å². The standard InChI is InChI=1S/C16H31N3O/c1-2-3-10-19-11-6-15(7-12-19)18-16(20)13-14-4-8-17-9-5-14/h14-15,17H,2-13H2,1H3,(H,18,20). The van der Waals surface area contributed by atoms with Gasteiger partial charge in [0.05, 0.1) is 0 Å². The summed E-state index contributed by atoms with van der Waals surface area (Å²) in [5.74, 6) is 0.879. The first-order chi connectivity index (χ1) is 9.78. The number of amides is 1. The summed E-state index contributed by atoms with van der Waals surface area (Å²) in [6.45, 7) is 7.93. The van der Waals surface area contributed by atoms with Gasteiger partial charge < -0.3 is 15.5 Å². The van der Waals surface area contributed by atoms with Crippen molar-refractivity contribution < 1.29 is 4.79 Å². The van der Waals surface area contributed by atoms with Crippen LogP contribution in [-0.2, 0) is 4.79 Å². The van der Waals surface area contributed by atoms with E-state index in [1.807, 2.05) is 0 Å². The van der Waals surface area contributed by atoms with Crippen LogP contribution < -0.4 is 10.6 Å². The number of likely N-dealkylation sites (tertiary alicyclic amines) is 1. The van der Waals surface area contributed by atoms with Crippen molar-refractivity contribution in [3.63, 3.8) is 0 Å².